The number of pyridine rings is 1. The fourth-order valence-electron chi connectivity index (χ4n) is 8.35. The molecule has 2 aromatic heterocycles. The molecule has 0 radical (unpaired) electrons. The van der Waals surface area contributed by atoms with Gasteiger partial charge in [-0.05, 0) is 90.5 Å². The van der Waals surface area contributed by atoms with Crippen molar-refractivity contribution in [3.05, 3.63) is 219 Å². The SMILES string of the molecule is c1ccc(-c2ncccc2-c2ccc(-c3cc(-c4ccc5ccccc5c4)cc(-c4nc(-c5cccc6ccccc56)nc(-c5cccc6ccccc56)n4)c3)cc2)cc1. The Morgan fingerprint density at radius 1 is 0.250 bits per heavy atom. The summed E-state index contributed by atoms with van der Waals surface area (Å²) in [5, 5.41) is 6.85. The lowest BCUT2D eigenvalue weighted by Gasteiger charge is -2.14. The maximum absolute atomic E-state index is 5.31. The Bertz CT molecular complexity index is 3270. The topological polar surface area (TPSA) is 51.6 Å². The normalized spacial score (nSPS) is 11.3. The first kappa shape index (κ1) is 35.1. The van der Waals surface area contributed by atoms with Crippen LogP contribution in [0.1, 0.15) is 0 Å². The minimum Gasteiger partial charge on any atom is -0.256 e. The van der Waals surface area contributed by atoms with E-state index >= 15 is 0 Å². The fourth-order valence-corrected chi connectivity index (χ4v) is 8.35. The molecule has 4 heteroatoms. The molecule has 9 aromatic carbocycles. The van der Waals surface area contributed by atoms with Gasteiger partial charge in [-0.2, -0.15) is 0 Å². The van der Waals surface area contributed by atoms with Crippen molar-refractivity contribution >= 4 is 32.3 Å². The van der Waals surface area contributed by atoms with E-state index in [1.54, 1.807) is 0 Å². The second kappa shape index (κ2) is 15.0. The predicted molar refractivity (Wildman–Crippen MR) is 248 cm³/mol. The maximum Gasteiger partial charge on any atom is 0.164 e. The van der Waals surface area contributed by atoms with E-state index in [0.717, 1.165) is 82.9 Å². The molecule has 0 bridgehead atoms. The zero-order chi connectivity index (χ0) is 39.8. The monoisotopic (exact) mass is 764 g/mol. The number of aromatic nitrogens is 4. The highest BCUT2D eigenvalue weighted by Gasteiger charge is 2.18. The molecule has 0 aliphatic carbocycles. The largest absolute Gasteiger partial charge is 0.256 e. The zero-order valence-electron chi connectivity index (χ0n) is 32.6. The first-order chi connectivity index (χ1) is 29.7. The standard InChI is InChI=1S/C56H36N4/c1-2-16-42(17-3-1)53-50(25-12-32-57-53)41-29-26-38(27-30-41)45-34-46(44-31-28-37-13-4-5-18-43(37)33-44)36-47(35-45)54-58-55(51-23-10-19-39-14-6-8-21-48(39)51)60-56(59-54)52-24-11-20-40-15-7-9-22-49(40)52/h1-36H. The minimum absolute atomic E-state index is 0.610. The Kier molecular flexibility index (Phi) is 8.79. The second-order valence-electron chi connectivity index (χ2n) is 15.1. The highest BCUT2D eigenvalue weighted by atomic mass is 15.0. The lowest BCUT2D eigenvalue weighted by atomic mass is 9.93. The molecule has 4 nitrogen and oxygen atoms in total. The molecule has 0 N–H and O–H groups in total. The van der Waals surface area contributed by atoms with Crippen LogP contribution in [0.4, 0.5) is 0 Å². The summed E-state index contributed by atoms with van der Waals surface area (Å²) in [4.78, 5) is 20.6. The van der Waals surface area contributed by atoms with E-state index in [9.17, 15) is 0 Å². The van der Waals surface area contributed by atoms with Gasteiger partial charge in [-0.25, -0.2) is 15.0 Å². The molecule has 0 aliphatic rings. The van der Waals surface area contributed by atoms with Crippen molar-refractivity contribution in [1.29, 1.82) is 0 Å². The van der Waals surface area contributed by atoms with Crippen LogP contribution in [0.3, 0.4) is 0 Å². The van der Waals surface area contributed by atoms with E-state index in [-0.39, 0.29) is 0 Å². The third-order valence-corrected chi connectivity index (χ3v) is 11.4. The number of fused-ring (bicyclic) bond motifs is 3. The molecule has 0 unspecified atom stereocenters. The molecule has 0 fully saturated rings. The summed E-state index contributed by atoms with van der Waals surface area (Å²) >= 11 is 0. The summed E-state index contributed by atoms with van der Waals surface area (Å²) in [6.07, 6.45) is 1.86. The van der Waals surface area contributed by atoms with Crippen molar-refractivity contribution in [2.24, 2.45) is 0 Å². The lowest BCUT2D eigenvalue weighted by Crippen LogP contribution is -2.01. The predicted octanol–water partition coefficient (Wildman–Crippen LogP) is 14.4. The first-order valence-corrected chi connectivity index (χ1v) is 20.2. The summed E-state index contributed by atoms with van der Waals surface area (Å²) in [6.45, 7) is 0. The third kappa shape index (κ3) is 6.56. The van der Waals surface area contributed by atoms with E-state index in [2.05, 4.69) is 200 Å². The average Bonchev–Trinajstić information content (AvgIpc) is 3.33. The Morgan fingerprint density at radius 2 is 0.750 bits per heavy atom. The van der Waals surface area contributed by atoms with Crippen molar-refractivity contribution in [3.8, 4) is 78.8 Å². The average molecular weight is 765 g/mol. The zero-order valence-corrected chi connectivity index (χ0v) is 32.6. The second-order valence-corrected chi connectivity index (χ2v) is 15.1. The summed E-state index contributed by atoms with van der Waals surface area (Å²) < 4.78 is 0. The minimum atomic E-state index is 0.610. The molecule has 0 saturated carbocycles. The Labute approximate surface area is 348 Å². The Hall–Kier alpha value is -8.08. The Morgan fingerprint density at radius 3 is 1.43 bits per heavy atom. The van der Waals surface area contributed by atoms with Crippen LogP contribution in [0.25, 0.3) is 111 Å². The lowest BCUT2D eigenvalue weighted by molar-refractivity contribution is 1.08. The van der Waals surface area contributed by atoms with Gasteiger partial charge < -0.3 is 0 Å². The van der Waals surface area contributed by atoms with E-state index in [4.69, 9.17) is 19.9 Å². The van der Waals surface area contributed by atoms with Gasteiger partial charge in [-0.1, -0.05) is 182 Å². The maximum atomic E-state index is 5.31. The van der Waals surface area contributed by atoms with Crippen molar-refractivity contribution in [2.45, 2.75) is 0 Å². The molecule has 60 heavy (non-hydrogen) atoms. The van der Waals surface area contributed by atoms with Crippen molar-refractivity contribution in [3.63, 3.8) is 0 Å². The molecule has 0 aliphatic heterocycles. The summed E-state index contributed by atoms with van der Waals surface area (Å²) in [6, 6.07) is 74.7. The van der Waals surface area contributed by atoms with Crippen LogP contribution in [-0.4, -0.2) is 19.9 Å². The molecule has 280 valence electrons. The molecular formula is C56H36N4. The van der Waals surface area contributed by atoms with Gasteiger partial charge in [-0.3, -0.25) is 4.98 Å². The molecule has 0 atom stereocenters. The van der Waals surface area contributed by atoms with Gasteiger partial charge in [-0.15, -0.1) is 0 Å². The first-order valence-electron chi connectivity index (χ1n) is 20.2. The van der Waals surface area contributed by atoms with Crippen LogP contribution in [-0.2, 0) is 0 Å². The third-order valence-electron chi connectivity index (χ3n) is 11.4. The molecule has 0 saturated heterocycles. The number of rotatable bonds is 7. The highest BCUT2D eigenvalue weighted by molar-refractivity contribution is 5.98. The fraction of sp³-hybridized carbons (Fsp3) is 0. The number of hydrogen-bond acceptors (Lipinski definition) is 4. The molecule has 0 amide bonds. The van der Waals surface area contributed by atoms with Gasteiger partial charge >= 0.3 is 0 Å². The number of benzene rings is 9. The van der Waals surface area contributed by atoms with E-state index in [1.807, 2.05) is 18.3 Å². The summed E-state index contributed by atoms with van der Waals surface area (Å²) in [7, 11) is 0. The van der Waals surface area contributed by atoms with Crippen molar-refractivity contribution in [2.75, 3.05) is 0 Å². The van der Waals surface area contributed by atoms with Crippen molar-refractivity contribution < 1.29 is 0 Å². The van der Waals surface area contributed by atoms with Crippen LogP contribution in [0, 0.1) is 0 Å². The molecule has 0 spiro atoms. The summed E-state index contributed by atoms with van der Waals surface area (Å²) in [5.41, 5.74) is 11.4. The van der Waals surface area contributed by atoms with Crippen LogP contribution in [0.15, 0.2) is 219 Å². The quantitative estimate of drug-likeness (QED) is 0.162. The van der Waals surface area contributed by atoms with Crippen LogP contribution in [0.5, 0.6) is 0 Å². The van der Waals surface area contributed by atoms with Crippen LogP contribution < -0.4 is 0 Å². The number of hydrogen-bond donors (Lipinski definition) is 0. The van der Waals surface area contributed by atoms with Crippen LogP contribution >= 0.6 is 0 Å². The Balaban J connectivity index is 1.11. The van der Waals surface area contributed by atoms with E-state index in [1.165, 1.54) is 10.8 Å². The van der Waals surface area contributed by atoms with Gasteiger partial charge in [0.25, 0.3) is 0 Å². The molecule has 11 aromatic rings. The highest BCUT2D eigenvalue weighted by Crippen LogP contribution is 2.38. The molecular weight excluding hydrogens is 729 g/mol. The van der Waals surface area contributed by atoms with Gasteiger partial charge in [0.05, 0.1) is 5.69 Å². The van der Waals surface area contributed by atoms with Crippen molar-refractivity contribution in [1.82, 2.24) is 19.9 Å². The number of nitrogens with zero attached hydrogens (tertiary/aromatic N) is 4. The summed E-state index contributed by atoms with van der Waals surface area (Å²) in [5.74, 6) is 1.87. The van der Waals surface area contributed by atoms with Gasteiger partial charge in [0.2, 0.25) is 0 Å². The molecule has 11 rings (SSSR count). The van der Waals surface area contributed by atoms with Gasteiger partial charge in [0.1, 0.15) is 0 Å². The van der Waals surface area contributed by atoms with Gasteiger partial charge in [0.15, 0.2) is 17.5 Å². The van der Waals surface area contributed by atoms with Gasteiger partial charge in [0, 0.05) is 34.0 Å². The van der Waals surface area contributed by atoms with Crippen LogP contribution in [0.2, 0.25) is 0 Å². The van der Waals surface area contributed by atoms with E-state index in [0.29, 0.717) is 17.5 Å². The molecule has 2 heterocycles. The van der Waals surface area contributed by atoms with E-state index < -0.39 is 0 Å². The smallest absolute Gasteiger partial charge is 0.164 e.